The minimum atomic E-state index is -0.125. The van der Waals surface area contributed by atoms with Crippen molar-refractivity contribution in [3.05, 3.63) is 57.6 Å². The molecule has 0 atom stereocenters. The van der Waals surface area contributed by atoms with Crippen LogP contribution in [0.2, 0.25) is 5.02 Å². The molecule has 0 saturated carbocycles. The molecule has 26 heavy (non-hydrogen) atoms. The first-order chi connectivity index (χ1) is 12.2. The van der Waals surface area contributed by atoms with Crippen LogP contribution in [0, 0.1) is 27.7 Å². The summed E-state index contributed by atoms with van der Waals surface area (Å²) >= 11 is 6.16. The number of carbonyl (C=O) groups is 2. The number of halogens is 1. The number of rotatable bonds is 5. The van der Waals surface area contributed by atoms with Crippen molar-refractivity contribution in [1.29, 1.82) is 0 Å². The molecule has 0 heterocycles. The number of nitrogens with zero attached hydrogens (tertiary/aromatic N) is 1. The predicted molar refractivity (Wildman–Crippen MR) is 108 cm³/mol. The SMILES string of the molecule is CC(=O)N(CCC(=O)Nc1c(C)cc(C)cc1C)c1ccc(C)c(Cl)c1. The average molecular weight is 373 g/mol. The highest BCUT2D eigenvalue weighted by Crippen LogP contribution is 2.24. The van der Waals surface area contributed by atoms with E-state index < -0.39 is 0 Å². The van der Waals surface area contributed by atoms with Gasteiger partial charge in [-0.1, -0.05) is 35.4 Å². The molecular weight excluding hydrogens is 348 g/mol. The van der Waals surface area contributed by atoms with Gasteiger partial charge in [0.2, 0.25) is 11.8 Å². The molecule has 0 fully saturated rings. The lowest BCUT2D eigenvalue weighted by atomic mass is 10.0. The molecule has 0 aromatic heterocycles. The first kappa shape index (κ1) is 20.0. The maximum atomic E-state index is 12.4. The third-order valence-corrected chi connectivity index (χ3v) is 4.76. The summed E-state index contributed by atoms with van der Waals surface area (Å²) in [5.41, 5.74) is 5.71. The number of hydrogen-bond donors (Lipinski definition) is 1. The molecule has 2 aromatic rings. The number of anilines is 2. The Balaban J connectivity index is 2.08. The van der Waals surface area contributed by atoms with Crippen LogP contribution in [0.4, 0.5) is 11.4 Å². The lowest BCUT2D eigenvalue weighted by Crippen LogP contribution is -2.32. The Morgan fingerprint density at radius 2 is 1.62 bits per heavy atom. The normalized spacial score (nSPS) is 10.5. The van der Waals surface area contributed by atoms with Gasteiger partial charge < -0.3 is 10.2 Å². The molecule has 2 rings (SSSR count). The van der Waals surface area contributed by atoms with Crippen molar-refractivity contribution in [2.24, 2.45) is 0 Å². The standard InChI is InChI=1S/C21H25ClN2O2/c1-13-10-15(3)21(16(4)11-13)23-20(26)8-9-24(17(5)25)18-7-6-14(2)19(22)12-18/h6-7,10-12H,8-9H2,1-5H3,(H,23,26). The predicted octanol–water partition coefficient (Wildman–Crippen LogP) is 4.96. The molecular formula is C21H25ClN2O2. The third kappa shape index (κ3) is 4.85. The molecule has 138 valence electrons. The van der Waals surface area contributed by atoms with Gasteiger partial charge in [0, 0.05) is 36.3 Å². The Morgan fingerprint density at radius 3 is 2.15 bits per heavy atom. The van der Waals surface area contributed by atoms with Gasteiger partial charge in [0.05, 0.1) is 0 Å². The molecule has 5 heteroatoms. The quantitative estimate of drug-likeness (QED) is 0.806. The highest BCUT2D eigenvalue weighted by molar-refractivity contribution is 6.31. The number of nitrogens with one attached hydrogen (secondary N) is 1. The zero-order valence-electron chi connectivity index (χ0n) is 15.9. The molecule has 0 bridgehead atoms. The highest BCUT2D eigenvalue weighted by atomic mass is 35.5. The van der Waals surface area contributed by atoms with Crippen LogP contribution in [-0.4, -0.2) is 18.4 Å². The van der Waals surface area contributed by atoms with Crippen molar-refractivity contribution in [2.45, 2.75) is 41.0 Å². The van der Waals surface area contributed by atoms with Crippen molar-refractivity contribution < 1.29 is 9.59 Å². The zero-order valence-corrected chi connectivity index (χ0v) is 16.7. The van der Waals surface area contributed by atoms with E-state index >= 15 is 0 Å². The van der Waals surface area contributed by atoms with Gasteiger partial charge in [0.15, 0.2) is 0 Å². The van der Waals surface area contributed by atoms with Gasteiger partial charge in [-0.25, -0.2) is 0 Å². The van der Waals surface area contributed by atoms with Crippen LogP contribution in [0.15, 0.2) is 30.3 Å². The second-order valence-corrected chi connectivity index (χ2v) is 7.08. The van der Waals surface area contributed by atoms with Crippen LogP contribution in [0.5, 0.6) is 0 Å². The largest absolute Gasteiger partial charge is 0.326 e. The monoisotopic (exact) mass is 372 g/mol. The lowest BCUT2D eigenvalue weighted by Gasteiger charge is -2.22. The second kappa shape index (κ2) is 8.37. The Morgan fingerprint density at radius 1 is 1.00 bits per heavy atom. The molecule has 0 aliphatic rings. The number of benzene rings is 2. The fourth-order valence-corrected chi connectivity index (χ4v) is 3.19. The van der Waals surface area contributed by atoms with Crippen molar-refractivity contribution in [3.8, 4) is 0 Å². The van der Waals surface area contributed by atoms with Gasteiger partial charge >= 0.3 is 0 Å². The fraction of sp³-hybridized carbons (Fsp3) is 0.333. The van der Waals surface area contributed by atoms with E-state index in [-0.39, 0.29) is 18.2 Å². The summed E-state index contributed by atoms with van der Waals surface area (Å²) in [6.07, 6.45) is 0.206. The van der Waals surface area contributed by atoms with Crippen LogP contribution in [0.1, 0.15) is 35.6 Å². The Bertz CT molecular complexity index is 823. The summed E-state index contributed by atoms with van der Waals surface area (Å²) < 4.78 is 0. The topological polar surface area (TPSA) is 49.4 Å². The van der Waals surface area contributed by atoms with E-state index in [4.69, 9.17) is 11.6 Å². The molecule has 2 amide bonds. The maximum absolute atomic E-state index is 12.4. The van der Waals surface area contributed by atoms with Crippen LogP contribution >= 0.6 is 11.6 Å². The Kier molecular flexibility index (Phi) is 6.43. The fourth-order valence-electron chi connectivity index (χ4n) is 3.01. The maximum Gasteiger partial charge on any atom is 0.226 e. The minimum absolute atomic E-state index is 0.121. The smallest absolute Gasteiger partial charge is 0.226 e. The van der Waals surface area contributed by atoms with Crippen LogP contribution in [0.3, 0.4) is 0 Å². The average Bonchev–Trinajstić information content (AvgIpc) is 2.54. The van der Waals surface area contributed by atoms with Gasteiger partial charge in [-0.3, -0.25) is 9.59 Å². The molecule has 1 N–H and O–H groups in total. The van der Waals surface area contributed by atoms with Gasteiger partial charge in [0.25, 0.3) is 0 Å². The van der Waals surface area contributed by atoms with E-state index in [1.807, 2.05) is 52.0 Å². The summed E-state index contributed by atoms with van der Waals surface area (Å²) in [6, 6.07) is 9.55. The van der Waals surface area contributed by atoms with E-state index in [0.29, 0.717) is 17.3 Å². The molecule has 0 spiro atoms. The Labute approximate surface area is 160 Å². The molecule has 0 aliphatic heterocycles. The van der Waals surface area contributed by atoms with Crippen LogP contribution < -0.4 is 10.2 Å². The van der Waals surface area contributed by atoms with Gasteiger partial charge in [-0.05, 0) is 56.5 Å². The van der Waals surface area contributed by atoms with E-state index in [9.17, 15) is 9.59 Å². The number of aryl methyl sites for hydroxylation is 4. The minimum Gasteiger partial charge on any atom is -0.326 e. The molecule has 0 unspecified atom stereocenters. The third-order valence-electron chi connectivity index (χ3n) is 4.35. The summed E-state index contributed by atoms with van der Waals surface area (Å²) in [5, 5.41) is 3.57. The van der Waals surface area contributed by atoms with Crippen LogP contribution in [0.25, 0.3) is 0 Å². The molecule has 2 aromatic carbocycles. The van der Waals surface area contributed by atoms with E-state index in [2.05, 4.69) is 5.32 Å². The van der Waals surface area contributed by atoms with Gasteiger partial charge in [-0.2, -0.15) is 0 Å². The van der Waals surface area contributed by atoms with Gasteiger partial charge in [-0.15, -0.1) is 0 Å². The molecule has 4 nitrogen and oxygen atoms in total. The Hall–Kier alpha value is -2.33. The summed E-state index contributed by atoms with van der Waals surface area (Å²) in [6.45, 7) is 9.68. The van der Waals surface area contributed by atoms with Crippen molar-refractivity contribution >= 4 is 34.8 Å². The van der Waals surface area contributed by atoms with Crippen molar-refractivity contribution in [1.82, 2.24) is 0 Å². The lowest BCUT2D eigenvalue weighted by molar-refractivity contribution is -0.117. The van der Waals surface area contributed by atoms with Crippen molar-refractivity contribution in [3.63, 3.8) is 0 Å². The zero-order chi connectivity index (χ0) is 19.4. The molecule has 0 aliphatic carbocycles. The first-order valence-corrected chi connectivity index (χ1v) is 8.98. The first-order valence-electron chi connectivity index (χ1n) is 8.61. The number of carbonyl (C=O) groups excluding carboxylic acids is 2. The summed E-state index contributed by atoms with van der Waals surface area (Å²) in [4.78, 5) is 26.0. The van der Waals surface area contributed by atoms with E-state index in [1.54, 1.807) is 11.0 Å². The number of hydrogen-bond acceptors (Lipinski definition) is 2. The molecule has 0 saturated heterocycles. The van der Waals surface area contributed by atoms with Crippen LogP contribution in [-0.2, 0) is 9.59 Å². The summed E-state index contributed by atoms with van der Waals surface area (Å²) in [7, 11) is 0. The molecule has 0 radical (unpaired) electrons. The van der Waals surface area contributed by atoms with Gasteiger partial charge in [0.1, 0.15) is 0 Å². The second-order valence-electron chi connectivity index (χ2n) is 6.68. The van der Waals surface area contributed by atoms with E-state index in [0.717, 1.165) is 27.9 Å². The highest BCUT2D eigenvalue weighted by Gasteiger charge is 2.15. The number of amides is 2. The van der Waals surface area contributed by atoms with E-state index in [1.165, 1.54) is 6.92 Å². The summed E-state index contributed by atoms with van der Waals surface area (Å²) in [5.74, 6) is -0.245. The van der Waals surface area contributed by atoms with Crippen molar-refractivity contribution in [2.75, 3.05) is 16.8 Å².